The molecule has 0 spiro atoms. The summed E-state index contributed by atoms with van der Waals surface area (Å²) in [7, 11) is 0. The zero-order valence-electron chi connectivity index (χ0n) is 5.30. The van der Waals surface area contributed by atoms with Crippen molar-refractivity contribution >= 4 is 17.9 Å². The standard InChI is InChI=1S/C7H9ClO/c1-7(6-9)4-2-3-5-8/h2-4,6H,5H2,1H3/b3-2+,7-4+. The van der Waals surface area contributed by atoms with Gasteiger partial charge in [0.05, 0.1) is 0 Å². The number of carbonyl (C=O) groups excluding carboxylic acids is 1. The van der Waals surface area contributed by atoms with E-state index in [2.05, 4.69) is 0 Å². The lowest BCUT2D eigenvalue weighted by molar-refractivity contribution is -0.104. The first-order valence-electron chi connectivity index (χ1n) is 2.66. The van der Waals surface area contributed by atoms with Gasteiger partial charge in [-0.2, -0.15) is 0 Å². The molecule has 0 aromatic heterocycles. The topological polar surface area (TPSA) is 17.1 Å². The van der Waals surface area contributed by atoms with E-state index >= 15 is 0 Å². The molecule has 0 saturated heterocycles. The molecule has 50 valence electrons. The molecule has 0 aromatic carbocycles. The summed E-state index contributed by atoms with van der Waals surface area (Å²) < 4.78 is 0. The van der Waals surface area contributed by atoms with E-state index in [9.17, 15) is 4.79 Å². The van der Waals surface area contributed by atoms with Crippen LogP contribution in [0.2, 0.25) is 0 Å². The number of rotatable bonds is 3. The normalized spacial score (nSPS) is 12.4. The van der Waals surface area contributed by atoms with E-state index < -0.39 is 0 Å². The number of aldehydes is 1. The first kappa shape index (κ1) is 8.44. The van der Waals surface area contributed by atoms with Gasteiger partial charge in [0, 0.05) is 5.88 Å². The third kappa shape index (κ3) is 5.31. The van der Waals surface area contributed by atoms with Crippen molar-refractivity contribution in [2.45, 2.75) is 6.92 Å². The number of halogens is 1. The number of alkyl halides is 1. The molecular weight excluding hydrogens is 136 g/mol. The highest BCUT2D eigenvalue weighted by Gasteiger charge is 1.76. The molecule has 0 saturated carbocycles. The van der Waals surface area contributed by atoms with Crippen LogP contribution in [0.1, 0.15) is 6.92 Å². The number of hydrogen-bond donors (Lipinski definition) is 0. The minimum atomic E-state index is 0.489. The number of carbonyl (C=O) groups is 1. The lowest BCUT2D eigenvalue weighted by Crippen LogP contribution is -1.72. The molecule has 0 amide bonds. The van der Waals surface area contributed by atoms with Gasteiger partial charge >= 0.3 is 0 Å². The molecule has 0 unspecified atom stereocenters. The van der Waals surface area contributed by atoms with Crippen molar-refractivity contribution in [1.82, 2.24) is 0 Å². The maximum absolute atomic E-state index is 9.96. The fraction of sp³-hybridized carbons (Fsp3) is 0.286. The summed E-state index contributed by atoms with van der Waals surface area (Å²) in [5.41, 5.74) is 0.705. The predicted molar refractivity (Wildman–Crippen MR) is 39.7 cm³/mol. The maximum atomic E-state index is 9.96. The summed E-state index contributed by atoms with van der Waals surface area (Å²) in [6, 6.07) is 0. The zero-order chi connectivity index (χ0) is 7.11. The van der Waals surface area contributed by atoms with Crippen molar-refractivity contribution in [2.75, 3.05) is 5.88 Å². The molecule has 9 heavy (non-hydrogen) atoms. The van der Waals surface area contributed by atoms with Crippen molar-refractivity contribution in [2.24, 2.45) is 0 Å². The minimum Gasteiger partial charge on any atom is -0.298 e. The van der Waals surface area contributed by atoms with Gasteiger partial charge in [-0.25, -0.2) is 0 Å². The smallest absolute Gasteiger partial charge is 0.145 e. The first-order valence-corrected chi connectivity index (χ1v) is 3.19. The fourth-order valence-corrected chi connectivity index (χ4v) is 0.413. The van der Waals surface area contributed by atoms with Crippen LogP contribution in [0.4, 0.5) is 0 Å². The van der Waals surface area contributed by atoms with Gasteiger partial charge in [0.1, 0.15) is 6.29 Å². The summed E-state index contributed by atoms with van der Waals surface area (Å²) in [4.78, 5) is 9.96. The molecule has 0 fully saturated rings. The molecule has 0 aliphatic heterocycles. The van der Waals surface area contributed by atoms with Crippen LogP contribution in [0.3, 0.4) is 0 Å². The van der Waals surface area contributed by atoms with Gasteiger partial charge in [-0.3, -0.25) is 4.79 Å². The molecule has 0 radical (unpaired) electrons. The highest BCUT2D eigenvalue weighted by molar-refractivity contribution is 6.18. The van der Waals surface area contributed by atoms with Gasteiger partial charge in [0.15, 0.2) is 0 Å². The van der Waals surface area contributed by atoms with Crippen LogP contribution in [0.15, 0.2) is 23.8 Å². The fourth-order valence-electron chi connectivity index (χ4n) is 0.311. The van der Waals surface area contributed by atoms with Crippen molar-refractivity contribution in [3.05, 3.63) is 23.8 Å². The molecule has 0 aromatic rings. The molecular formula is C7H9ClO. The van der Waals surface area contributed by atoms with E-state index in [0.717, 1.165) is 6.29 Å². The summed E-state index contributed by atoms with van der Waals surface area (Å²) >= 11 is 5.32. The van der Waals surface area contributed by atoms with Crippen molar-refractivity contribution in [3.63, 3.8) is 0 Å². The largest absolute Gasteiger partial charge is 0.298 e. The predicted octanol–water partition coefficient (Wildman–Crippen LogP) is 1.93. The quantitative estimate of drug-likeness (QED) is 0.256. The Morgan fingerprint density at radius 1 is 1.67 bits per heavy atom. The van der Waals surface area contributed by atoms with Crippen LogP contribution in [0.5, 0.6) is 0 Å². The Bertz CT molecular complexity index is 136. The molecule has 0 N–H and O–H groups in total. The Hall–Kier alpha value is -0.560. The van der Waals surface area contributed by atoms with Gasteiger partial charge in [-0.05, 0) is 12.5 Å². The van der Waals surface area contributed by atoms with Crippen LogP contribution < -0.4 is 0 Å². The Kier molecular flexibility index (Phi) is 5.23. The summed E-state index contributed by atoms with van der Waals surface area (Å²) in [5, 5.41) is 0. The molecule has 0 atom stereocenters. The SMILES string of the molecule is C/C(C=O)=C\C=C\CCl. The van der Waals surface area contributed by atoms with Crippen molar-refractivity contribution in [1.29, 1.82) is 0 Å². The minimum absolute atomic E-state index is 0.489. The Labute approximate surface area is 60.0 Å². The number of hydrogen-bond acceptors (Lipinski definition) is 1. The van der Waals surface area contributed by atoms with E-state index in [1.165, 1.54) is 0 Å². The van der Waals surface area contributed by atoms with Crippen LogP contribution in [-0.2, 0) is 4.79 Å². The average Bonchev–Trinajstić information content (AvgIpc) is 1.89. The lowest BCUT2D eigenvalue weighted by atomic mass is 10.3. The van der Waals surface area contributed by atoms with E-state index in [0.29, 0.717) is 11.5 Å². The molecule has 0 rings (SSSR count). The second-order valence-corrected chi connectivity index (χ2v) is 1.92. The highest BCUT2D eigenvalue weighted by atomic mass is 35.5. The van der Waals surface area contributed by atoms with E-state index in [1.807, 2.05) is 0 Å². The van der Waals surface area contributed by atoms with Crippen LogP contribution in [-0.4, -0.2) is 12.2 Å². The summed E-state index contributed by atoms with van der Waals surface area (Å²) in [6.45, 7) is 1.74. The molecule has 1 nitrogen and oxygen atoms in total. The molecule has 0 aliphatic carbocycles. The maximum Gasteiger partial charge on any atom is 0.145 e. The molecule has 2 heteroatoms. The Morgan fingerprint density at radius 3 is 2.78 bits per heavy atom. The van der Waals surface area contributed by atoms with Gasteiger partial charge in [0.2, 0.25) is 0 Å². The summed E-state index contributed by atoms with van der Waals surface area (Å²) in [6.07, 6.45) is 6.05. The van der Waals surface area contributed by atoms with Crippen molar-refractivity contribution < 1.29 is 4.79 Å². The second kappa shape index (κ2) is 5.57. The third-order valence-corrected chi connectivity index (χ3v) is 0.948. The Morgan fingerprint density at radius 2 is 2.33 bits per heavy atom. The third-order valence-electron chi connectivity index (χ3n) is 0.770. The zero-order valence-corrected chi connectivity index (χ0v) is 6.06. The summed E-state index contributed by atoms with van der Waals surface area (Å²) in [5.74, 6) is 0.489. The van der Waals surface area contributed by atoms with Crippen molar-refractivity contribution in [3.8, 4) is 0 Å². The molecule has 0 bridgehead atoms. The van der Waals surface area contributed by atoms with Crippen LogP contribution in [0.25, 0.3) is 0 Å². The lowest BCUT2D eigenvalue weighted by Gasteiger charge is -1.78. The van der Waals surface area contributed by atoms with Crippen LogP contribution >= 0.6 is 11.6 Å². The highest BCUT2D eigenvalue weighted by Crippen LogP contribution is 1.87. The van der Waals surface area contributed by atoms with E-state index in [4.69, 9.17) is 11.6 Å². The molecule has 0 aliphatic rings. The Balaban J connectivity index is 3.68. The van der Waals surface area contributed by atoms with Crippen LogP contribution in [0, 0.1) is 0 Å². The molecule has 0 heterocycles. The second-order valence-electron chi connectivity index (χ2n) is 1.61. The van der Waals surface area contributed by atoms with Gasteiger partial charge in [-0.1, -0.05) is 18.2 Å². The first-order chi connectivity index (χ1) is 4.31. The van der Waals surface area contributed by atoms with Gasteiger partial charge in [-0.15, -0.1) is 11.6 Å². The average molecular weight is 145 g/mol. The monoisotopic (exact) mass is 144 g/mol. The van der Waals surface area contributed by atoms with E-state index in [1.54, 1.807) is 25.2 Å². The van der Waals surface area contributed by atoms with E-state index in [-0.39, 0.29) is 0 Å². The van der Waals surface area contributed by atoms with Gasteiger partial charge in [0.25, 0.3) is 0 Å². The number of allylic oxidation sites excluding steroid dienone is 4. The van der Waals surface area contributed by atoms with Gasteiger partial charge < -0.3 is 0 Å².